The summed E-state index contributed by atoms with van der Waals surface area (Å²) < 4.78 is 10.3. The number of methoxy groups -OCH3 is 1. The summed E-state index contributed by atoms with van der Waals surface area (Å²) in [5, 5.41) is 21.1. The van der Waals surface area contributed by atoms with E-state index >= 15 is 0 Å². The highest BCUT2D eigenvalue weighted by molar-refractivity contribution is 6.51. The maximum atomic E-state index is 13.3. The molecular weight excluding hydrogens is 474 g/mol. The van der Waals surface area contributed by atoms with Crippen LogP contribution in [0.3, 0.4) is 0 Å². The van der Waals surface area contributed by atoms with Crippen LogP contribution in [0.15, 0.2) is 72.3 Å². The van der Waals surface area contributed by atoms with Crippen LogP contribution in [0.4, 0.5) is 5.69 Å². The van der Waals surface area contributed by atoms with Crippen molar-refractivity contribution < 1.29 is 34.1 Å². The van der Waals surface area contributed by atoms with E-state index in [9.17, 15) is 24.6 Å². The zero-order valence-electron chi connectivity index (χ0n) is 20.7. The number of anilines is 1. The van der Waals surface area contributed by atoms with E-state index in [1.54, 1.807) is 54.6 Å². The average Bonchev–Trinajstić information content (AvgIpc) is 3.16. The Morgan fingerprint density at radius 3 is 2.27 bits per heavy atom. The first kappa shape index (κ1) is 25.5. The number of benzene rings is 3. The summed E-state index contributed by atoms with van der Waals surface area (Å²) in [5.74, 6) is -1.67. The molecule has 2 N–H and O–H groups in total. The zero-order valence-corrected chi connectivity index (χ0v) is 20.7. The van der Waals surface area contributed by atoms with E-state index in [2.05, 4.69) is 0 Å². The Morgan fingerprint density at radius 1 is 1.00 bits per heavy atom. The van der Waals surface area contributed by atoms with Gasteiger partial charge in [-0.3, -0.25) is 19.3 Å². The second-order valence-electron chi connectivity index (χ2n) is 8.59. The fourth-order valence-electron chi connectivity index (χ4n) is 4.35. The van der Waals surface area contributed by atoms with Crippen LogP contribution in [0.1, 0.15) is 35.2 Å². The molecule has 3 aromatic carbocycles. The van der Waals surface area contributed by atoms with Gasteiger partial charge in [0.2, 0.25) is 0 Å². The largest absolute Gasteiger partial charge is 0.508 e. The predicted molar refractivity (Wildman–Crippen MR) is 137 cm³/mol. The van der Waals surface area contributed by atoms with Gasteiger partial charge in [0.05, 0.1) is 31.8 Å². The maximum Gasteiger partial charge on any atom is 0.309 e. The molecule has 1 amide bonds. The molecule has 1 aliphatic heterocycles. The molecule has 8 nitrogen and oxygen atoms in total. The van der Waals surface area contributed by atoms with Crippen molar-refractivity contribution in [2.45, 2.75) is 26.3 Å². The summed E-state index contributed by atoms with van der Waals surface area (Å²) >= 11 is 0. The van der Waals surface area contributed by atoms with E-state index in [4.69, 9.17) is 9.47 Å². The summed E-state index contributed by atoms with van der Waals surface area (Å²) in [6.07, 6.45) is 0.0636. The minimum atomic E-state index is -0.945. The molecule has 1 unspecified atom stereocenters. The van der Waals surface area contributed by atoms with Gasteiger partial charge in [-0.05, 0) is 73.0 Å². The van der Waals surface area contributed by atoms with Gasteiger partial charge in [0.1, 0.15) is 17.3 Å². The Kier molecular flexibility index (Phi) is 7.29. The molecule has 1 atom stereocenters. The molecule has 1 saturated heterocycles. The summed E-state index contributed by atoms with van der Waals surface area (Å²) in [4.78, 5) is 39.6. The zero-order chi connectivity index (χ0) is 26.7. The molecule has 190 valence electrons. The van der Waals surface area contributed by atoms with E-state index in [-0.39, 0.29) is 23.5 Å². The maximum absolute atomic E-state index is 13.3. The topological polar surface area (TPSA) is 113 Å². The molecule has 0 spiro atoms. The number of hydrogen-bond acceptors (Lipinski definition) is 7. The minimum absolute atomic E-state index is 0.0232. The van der Waals surface area contributed by atoms with Gasteiger partial charge in [0.15, 0.2) is 0 Å². The number of aryl methyl sites for hydroxylation is 1. The Balaban J connectivity index is 1.83. The summed E-state index contributed by atoms with van der Waals surface area (Å²) in [6, 6.07) is 16.8. The van der Waals surface area contributed by atoms with Crippen LogP contribution in [0.25, 0.3) is 5.76 Å². The Bertz CT molecular complexity index is 1370. The smallest absolute Gasteiger partial charge is 0.309 e. The number of ether oxygens (including phenoxy) is 2. The fraction of sp³-hybridized carbons (Fsp3) is 0.207. The van der Waals surface area contributed by atoms with E-state index in [0.29, 0.717) is 34.7 Å². The van der Waals surface area contributed by atoms with Crippen LogP contribution in [0.2, 0.25) is 0 Å². The molecule has 0 aromatic heterocycles. The lowest BCUT2D eigenvalue weighted by atomic mass is 9.94. The van der Waals surface area contributed by atoms with Gasteiger partial charge < -0.3 is 19.7 Å². The van der Waals surface area contributed by atoms with Crippen LogP contribution in [0.5, 0.6) is 11.5 Å². The summed E-state index contributed by atoms with van der Waals surface area (Å²) in [5.41, 5.74) is 2.69. The Labute approximate surface area is 214 Å². The number of Topliss-reactive ketones (excluding diaryl/α,β-unsaturated/α-hetero) is 1. The van der Waals surface area contributed by atoms with Crippen molar-refractivity contribution in [2.24, 2.45) is 0 Å². The van der Waals surface area contributed by atoms with Crippen molar-refractivity contribution in [1.29, 1.82) is 0 Å². The number of amides is 1. The second-order valence-corrected chi connectivity index (χ2v) is 8.59. The van der Waals surface area contributed by atoms with E-state index in [1.807, 2.05) is 13.8 Å². The Morgan fingerprint density at radius 2 is 1.68 bits per heavy atom. The van der Waals surface area contributed by atoms with Gasteiger partial charge in [-0.2, -0.15) is 0 Å². The number of ketones is 1. The van der Waals surface area contributed by atoms with Gasteiger partial charge in [0, 0.05) is 11.3 Å². The fourth-order valence-corrected chi connectivity index (χ4v) is 4.35. The number of phenols is 1. The van der Waals surface area contributed by atoms with Crippen LogP contribution in [-0.4, -0.2) is 41.6 Å². The van der Waals surface area contributed by atoms with Crippen molar-refractivity contribution in [1.82, 2.24) is 0 Å². The van der Waals surface area contributed by atoms with Crippen LogP contribution in [0, 0.1) is 6.92 Å². The highest BCUT2D eigenvalue weighted by atomic mass is 16.5. The van der Waals surface area contributed by atoms with Crippen molar-refractivity contribution in [3.8, 4) is 11.5 Å². The van der Waals surface area contributed by atoms with Gasteiger partial charge >= 0.3 is 5.97 Å². The molecule has 1 fully saturated rings. The number of phenolic OH excluding ortho intramolecular Hbond substituents is 1. The van der Waals surface area contributed by atoms with Crippen LogP contribution >= 0.6 is 0 Å². The third kappa shape index (κ3) is 5.04. The third-order valence-corrected chi connectivity index (χ3v) is 6.19. The summed E-state index contributed by atoms with van der Waals surface area (Å²) in [7, 11) is 1.31. The first-order chi connectivity index (χ1) is 17.7. The number of aliphatic hydroxyl groups excluding tert-OH is 1. The molecule has 4 rings (SSSR count). The van der Waals surface area contributed by atoms with E-state index in [1.165, 1.54) is 24.1 Å². The predicted octanol–water partition coefficient (Wildman–Crippen LogP) is 4.44. The van der Waals surface area contributed by atoms with E-state index in [0.717, 1.165) is 5.56 Å². The number of aromatic hydroxyl groups is 1. The highest BCUT2D eigenvalue weighted by Gasteiger charge is 2.47. The normalized spacial score (nSPS) is 16.6. The third-order valence-electron chi connectivity index (χ3n) is 6.19. The molecule has 37 heavy (non-hydrogen) atoms. The standard InChI is InChI=1S/C29H27NO7/c1-4-37-23-14-9-20(15-17(23)2)27(33)25-26(19-7-12-22(31)13-8-19)30(29(35)28(25)34)21-10-5-18(6-11-21)16-24(32)36-3/h5-15,26,31,33H,4,16H2,1-3H3/b27-25-. The van der Waals surface area contributed by atoms with Crippen molar-refractivity contribution in [3.05, 3.63) is 94.6 Å². The number of carbonyl (C=O) groups is 3. The van der Waals surface area contributed by atoms with Gasteiger partial charge in [-0.25, -0.2) is 0 Å². The quantitative estimate of drug-likeness (QED) is 0.213. The number of nitrogens with zero attached hydrogens (tertiary/aromatic N) is 1. The molecule has 8 heteroatoms. The summed E-state index contributed by atoms with van der Waals surface area (Å²) in [6.45, 7) is 4.18. The average molecular weight is 502 g/mol. The van der Waals surface area contributed by atoms with Gasteiger partial charge in [-0.1, -0.05) is 24.3 Å². The highest BCUT2D eigenvalue weighted by Crippen LogP contribution is 2.42. The molecule has 1 heterocycles. The lowest BCUT2D eigenvalue weighted by molar-refractivity contribution is -0.139. The molecule has 3 aromatic rings. The van der Waals surface area contributed by atoms with Crippen molar-refractivity contribution in [2.75, 3.05) is 18.6 Å². The SMILES string of the molecule is CCOc1ccc(/C(O)=C2/C(=O)C(=O)N(c3ccc(CC(=O)OC)cc3)C2c2ccc(O)cc2)cc1C. The van der Waals surface area contributed by atoms with E-state index < -0.39 is 23.7 Å². The molecule has 0 saturated carbocycles. The lowest BCUT2D eigenvalue weighted by Gasteiger charge is -2.25. The lowest BCUT2D eigenvalue weighted by Crippen LogP contribution is -2.29. The number of aliphatic hydroxyl groups is 1. The number of hydrogen-bond donors (Lipinski definition) is 2. The number of carbonyl (C=O) groups excluding carboxylic acids is 3. The second kappa shape index (κ2) is 10.6. The Hall–Kier alpha value is -4.59. The minimum Gasteiger partial charge on any atom is -0.508 e. The molecule has 0 bridgehead atoms. The van der Waals surface area contributed by atoms with Crippen molar-refractivity contribution >= 4 is 29.1 Å². The number of esters is 1. The van der Waals surface area contributed by atoms with Crippen molar-refractivity contribution in [3.63, 3.8) is 0 Å². The van der Waals surface area contributed by atoms with Gasteiger partial charge in [-0.15, -0.1) is 0 Å². The molecule has 1 aliphatic rings. The molecule has 0 radical (unpaired) electrons. The van der Waals surface area contributed by atoms with Gasteiger partial charge in [0.25, 0.3) is 11.7 Å². The molecule has 0 aliphatic carbocycles. The molecular formula is C29H27NO7. The first-order valence-corrected chi connectivity index (χ1v) is 11.7. The first-order valence-electron chi connectivity index (χ1n) is 11.7. The van der Waals surface area contributed by atoms with Crippen LogP contribution in [-0.2, 0) is 25.5 Å². The number of rotatable bonds is 7. The van der Waals surface area contributed by atoms with Crippen LogP contribution < -0.4 is 9.64 Å². The monoisotopic (exact) mass is 501 g/mol.